The summed E-state index contributed by atoms with van der Waals surface area (Å²) in [5.74, 6) is -0.501. The number of benzene rings is 3. The SMILES string of the molecule is C.CC(C)(C)OC(=O)N1CC[C@@H](CN)[C@H](O)C1.CC(C)(C)OC(=O)N1CC[C@@H](CNC(=O)OCc2ccccc2)[C@H](O)C1.Cl.NC(=O)CN1CC[C@@H](CNC(=O)OCc2ccccc2)[C@H](O)C1.NC[C@@H]1CCN(CC(N)=O)C[C@H]1O.O=C(NC[C@@H]1CCCC[C@H]1O)OCc1ccccc1. The third kappa shape index (κ3) is 36.7. The van der Waals surface area contributed by atoms with Crippen LogP contribution in [0.25, 0.3) is 0 Å². The summed E-state index contributed by atoms with van der Waals surface area (Å²) >= 11 is 0. The fraction of sp³-hybridized carbons (Fsp3) is 0.643. The lowest BCUT2D eigenvalue weighted by Crippen LogP contribution is -2.50. The van der Waals surface area contributed by atoms with Gasteiger partial charge in [-0.15, -0.1) is 12.4 Å². The first-order chi connectivity index (χ1) is 46.0. The molecule has 29 heteroatoms. The van der Waals surface area contributed by atoms with E-state index in [1.807, 2.05) is 122 Å². The molecule has 0 unspecified atom stereocenters. The average Bonchev–Trinajstić information content (AvgIpc) is 0.872. The van der Waals surface area contributed by atoms with Crippen molar-refractivity contribution in [2.24, 2.45) is 52.5 Å². The Hall–Kier alpha value is -7.12. The summed E-state index contributed by atoms with van der Waals surface area (Å²) in [6.07, 6.45) is 2.08. The number of halogens is 1. The summed E-state index contributed by atoms with van der Waals surface area (Å²) in [6, 6.07) is 28.4. The molecule has 560 valence electrons. The highest BCUT2D eigenvalue weighted by atomic mass is 35.5. The molecule has 16 N–H and O–H groups in total. The van der Waals surface area contributed by atoms with Crippen LogP contribution in [0.5, 0.6) is 0 Å². The molecule has 3 aromatic rings. The number of amides is 7. The van der Waals surface area contributed by atoms with Crippen molar-refractivity contribution in [3.8, 4) is 0 Å². The minimum Gasteiger partial charge on any atom is -0.445 e. The van der Waals surface area contributed by atoms with Gasteiger partial charge in [0.15, 0.2) is 0 Å². The van der Waals surface area contributed by atoms with Gasteiger partial charge in [-0.25, -0.2) is 24.0 Å². The van der Waals surface area contributed by atoms with Crippen LogP contribution in [0.3, 0.4) is 0 Å². The standard InChI is InChI=1S/C19H28N2O5.C16H23N3O4.C15H21NO3.C11H22N2O3.C8H17N3O2.CH4.ClH/c1-19(2,3)26-18(24)21-10-9-15(16(22)12-21)11-20-17(23)25-13-14-7-5-4-6-8-14;17-15(21)10-19-7-6-13(14(20)9-19)8-18-16(22)23-11-12-4-2-1-3-5-12;17-14-9-5-4-8-13(14)10-16-15(18)19-11-12-6-2-1-3-7-12;1-11(2,3)16-10(15)13-5-4-8(6-12)9(14)7-13;9-3-6-1-2-11(4-7(6)12)5-8(10)13;;/h4-8,15-16,22H,9-13H2,1-3H3,(H,20,23);1-5,13-14,20H,6-11H2,(H2,17,21)(H,18,22);1-3,6-7,13-14,17H,4-5,8-11H2,(H,16,18);8-9,14H,4-7,12H2,1-3H3;6-7,12H,1-5,9H2,(H2,10,13);1H4;1H/t15-,16+;2*13-,14+;8-,9+;6-,7+;;/m00000../s1. The van der Waals surface area contributed by atoms with Gasteiger partial charge in [-0.05, 0) is 129 Å². The van der Waals surface area contributed by atoms with Crippen molar-refractivity contribution < 1.29 is 82.8 Å². The van der Waals surface area contributed by atoms with Gasteiger partial charge in [0, 0.05) is 69.5 Å². The summed E-state index contributed by atoms with van der Waals surface area (Å²) < 4.78 is 26.0. The van der Waals surface area contributed by atoms with Crippen LogP contribution in [0.15, 0.2) is 91.0 Å². The Morgan fingerprint density at radius 3 is 1.02 bits per heavy atom. The van der Waals surface area contributed by atoms with E-state index >= 15 is 0 Å². The van der Waals surface area contributed by atoms with Crippen LogP contribution in [0.4, 0.5) is 24.0 Å². The molecule has 28 nitrogen and oxygen atoms in total. The number of alkyl carbamates (subject to hydrolysis) is 3. The fourth-order valence-corrected chi connectivity index (χ4v) is 11.2. The molecule has 0 bridgehead atoms. The molecule has 8 rings (SSSR count). The Labute approximate surface area is 590 Å². The van der Waals surface area contributed by atoms with Crippen LogP contribution in [-0.2, 0) is 53.1 Å². The minimum atomic E-state index is -0.717. The van der Waals surface area contributed by atoms with Gasteiger partial charge >= 0.3 is 30.5 Å². The molecule has 4 heterocycles. The van der Waals surface area contributed by atoms with E-state index in [1.54, 1.807) is 25.7 Å². The molecule has 3 aromatic carbocycles. The predicted molar refractivity (Wildman–Crippen MR) is 377 cm³/mol. The predicted octanol–water partition coefficient (Wildman–Crippen LogP) is 4.81. The van der Waals surface area contributed by atoms with E-state index in [0.29, 0.717) is 84.8 Å². The first-order valence-corrected chi connectivity index (χ1v) is 33.6. The number of hydrogen-bond acceptors (Lipinski definition) is 21. The Morgan fingerprint density at radius 1 is 0.434 bits per heavy atom. The topological polar surface area (TPSA) is 420 Å². The summed E-state index contributed by atoms with van der Waals surface area (Å²) in [5.41, 5.74) is 22.9. The van der Waals surface area contributed by atoms with Gasteiger partial charge in [0.05, 0.1) is 56.7 Å². The Kier molecular flexibility index (Phi) is 41.2. The van der Waals surface area contributed by atoms with E-state index in [0.717, 1.165) is 61.8 Å². The number of carbonyl (C=O) groups is 7. The number of rotatable bonds is 18. The first-order valence-electron chi connectivity index (χ1n) is 33.6. The molecule has 0 spiro atoms. The van der Waals surface area contributed by atoms with Crippen molar-refractivity contribution in [3.63, 3.8) is 0 Å². The number of carbonyl (C=O) groups excluding carboxylic acids is 7. The number of aliphatic hydroxyl groups is 5. The summed E-state index contributed by atoms with van der Waals surface area (Å²) in [5, 5.41) is 57.6. The van der Waals surface area contributed by atoms with Gasteiger partial charge in [0.25, 0.3) is 0 Å². The molecule has 7 amide bonds. The van der Waals surface area contributed by atoms with Crippen LogP contribution < -0.4 is 38.9 Å². The lowest BCUT2D eigenvalue weighted by Gasteiger charge is -2.36. The van der Waals surface area contributed by atoms with E-state index in [1.165, 1.54) is 4.90 Å². The van der Waals surface area contributed by atoms with Crippen LogP contribution >= 0.6 is 12.4 Å². The molecule has 1 aliphatic carbocycles. The quantitative estimate of drug-likeness (QED) is 0.0760. The zero-order valence-electron chi connectivity index (χ0n) is 58.0. The van der Waals surface area contributed by atoms with Gasteiger partial charge < -0.3 is 97.9 Å². The summed E-state index contributed by atoms with van der Waals surface area (Å²) in [6.45, 7) is 18.0. The fourth-order valence-electron chi connectivity index (χ4n) is 11.2. The van der Waals surface area contributed by atoms with Crippen molar-refractivity contribution in [2.45, 2.75) is 162 Å². The van der Waals surface area contributed by atoms with Crippen molar-refractivity contribution in [1.29, 1.82) is 0 Å². The van der Waals surface area contributed by atoms with Crippen LogP contribution in [0.1, 0.15) is 117 Å². The molecule has 0 aromatic heterocycles. The van der Waals surface area contributed by atoms with E-state index in [2.05, 4.69) is 16.0 Å². The van der Waals surface area contributed by atoms with Crippen molar-refractivity contribution >= 4 is 54.7 Å². The molecule has 99 heavy (non-hydrogen) atoms. The number of hydrogen-bond donors (Lipinski definition) is 12. The number of likely N-dealkylation sites (tertiary alicyclic amines) is 4. The molecule has 1 saturated carbocycles. The third-order valence-electron chi connectivity index (χ3n) is 16.8. The second-order valence-corrected chi connectivity index (χ2v) is 27.1. The van der Waals surface area contributed by atoms with Crippen molar-refractivity contribution in [1.82, 2.24) is 35.6 Å². The highest BCUT2D eigenvalue weighted by Gasteiger charge is 2.35. The lowest BCUT2D eigenvalue weighted by molar-refractivity contribution is -0.121. The van der Waals surface area contributed by atoms with Gasteiger partial charge in [-0.3, -0.25) is 19.4 Å². The highest BCUT2D eigenvalue weighted by Crippen LogP contribution is 2.25. The summed E-state index contributed by atoms with van der Waals surface area (Å²) in [7, 11) is 0. The second kappa shape index (κ2) is 46.3. The number of piperidine rings is 4. The number of nitrogens with one attached hydrogen (secondary N) is 3. The van der Waals surface area contributed by atoms with Gasteiger partial charge in [0.1, 0.15) is 31.0 Å². The monoisotopic (exact) mass is 1420 g/mol. The first kappa shape index (κ1) is 88.0. The maximum Gasteiger partial charge on any atom is 0.410 e. The normalized spacial score (nSPS) is 23.0. The largest absolute Gasteiger partial charge is 0.445 e. The smallest absolute Gasteiger partial charge is 0.410 e. The highest BCUT2D eigenvalue weighted by molar-refractivity contribution is 5.85. The number of nitrogens with zero attached hydrogens (tertiary/aromatic N) is 4. The molecule has 5 aliphatic rings. The van der Waals surface area contributed by atoms with Crippen LogP contribution in [0.2, 0.25) is 0 Å². The minimum absolute atomic E-state index is 0. The molecular weight excluding hydrogens is 1300 g/mol. The van der Waals surface area contributed by atoms with Gasteiger partial charge in [-0.2, -0.15) is 0 Å². The van der Waals surface area contributed by atoms with E-state index < -0.39 is 65.9 Å². The van der Waals surface area contributed by atoms with Crippen molar-refractivity contribution in [3.05, 3.63) is 108 Å². The lowest BCUT2D eigenvalue weighted by atomic mass is 9.86. The Balaban J connectivity index is 0.000000427. The molecule has 5 fully saturated rings. The maximum absolute atomic E-state index is 12.1. The molecule has 0 radical (unpaired) electrons. The number of nitrogens with two attached hydrogens (primary N) is 4. The van der Waals surface area contributed by atoms with Crippen LogP contribution in [-0.4, -0.2) is 227 Å². The van der Waals surface area contributed by atoms with Crippen LogP contribution in [0, 0.1) is 29.6 Å². The number of ether oxygens (including phenoxy) is 5. The van der Waals surface area contributed by atoms with E-state index in [9.17, 15) is 59.1 Å². The molecule has 4 aliphatic heterocycles. The number of aliphatic hydroxyl groups excluding tert-OH is 5. The van der Waals surface area contributed by atoms with Gasteiger partial charge in [-0.1, -0.05) is 111 Å². The average molecular weight is 1420 g/mol. The van der Waals surface area contributed by atoms with E-state index in [4.69, 9.17) is 46.6 Å². The van der Waals surface area contributed by atoms with Gasteiger partial charge in [0.2, 0.25) is 11.8 Å². The number of primary amides is 2. The molecular formula is C70H116ClN11O17. The maximum atomic E-state index is 12.1. The second-order valence-electron chi connectivity index (χ2n) is 27.1. The zero-order chi connectivity index (χ0) is 71.5. The third-order valence-corrected chi connectivity index (χ3v) is 16.8. The Morgan fingerprint density at radius 2 is 0.727 bits per heavy atom. The molecule has 10 atom stereocenters. The van der Waals surface area contributed by atoms with Crippen molar-refractivity contribution in [2.75, 3.05) is 98.2 Å². The van der Waals surface area contributed by atoms with E-state index in [-0.39, 0.29) is 107 Å². The number of β-amino-alcohol motifs (C(OH)–C–C–N with tert-alkyl or cyclic N) is 4. The zero-order valence-corrected chi connectivity index (χ0v) is 58.8. The summed E-state index contributed by atoms with van der Waals surface area (Å²) in [4.78, 5) is 87.0. The Bertz CT molecular complexity index is 2800. The molecule has 4 saturated heterocycles.